The van der Waals surface area contributed by atoms with Gasteiger partial charge in [0.05, 0.1) is 19.8 Å². The van der Waals surface area contributed by atoms with Crippen molar-refractivity contribution in [3.8, 4) is 0 Å². The molecule has 15 heavy (non-hydrogen) atoms. The number of carboxylic acid groups (broad SMARTS) is 1. The van der Waals surface area contributed by atoms with Gasteiger partial charge < -0.3 is 19.9 Å². The fraction of sp³-hybridized carbons (Fsp3) is 0.778. The lowest BCUT2D eigenvalue weighted by Gasteiger charge is -2.23. The molecule has 86 valence electrons. The molecule has 0 radical (unpaired) electrons. The van der Waals surface area contributed by atoms with Crippen molar-refractivity contribution in [2.24, 2.45) is 0 Å². The second-order valence-corrected chi connectivity index (χ2v) is 3.24. The Morgan fingerprint density at radius 1 is 1.53 bits per heavy atom. The highest BCUT2D eigenvalue weighted by Crippen LogP contribution is 2.02. The lowest BCUT2D eigenvalue weighted by molar-refractivity contribution is -0.152. The summed E-state index contributed by atoms with van der Waals surface area (Å²) in [5, 5.41) is 11.1. The number of carbonyl (C=O) groups excluding carboxylic acids is 1. The van der Waals surface area contributed by atoms with Gasteiger partial charge in [-0.25, -0.2) is 4.79 Å². The summed E-state index contributed by atoms with van der Waals surface area (Å²) in [7, 11) is 0. The number of hydrogen-bond acceptors (Lipinski definition) is 4. The second-order valence-electron chi connectivity index (χ2n) is 3.24. The van der Waals surface area contributed by atoms with Crippen LogP contribution in [0.1, 0.15) is 13.3 Å². The number of aliphatic carboxylic acids is 1. The quantitative estimate of drug-likeness (QED) is 0.655. The molecule has 1 rings (SSSR count). The molecule has 0 aromatic heterocycles. The van der Waals surface area contributed by atoms with Crippen LogP contribution in [0.5, 0.6) is 0 Å². The maximum absolute atomic E-state index is 11.5. The molecule has 1 fully saturated rings. The number of ether oxygens (including phenoxy) is 2. The zero-order chi connectivity index (χ0) is 11.3. The van der Waals surface area contributed by atoms with Crippen LogP contribution in [0.3, 0.4) is 0 Å². The highest BCUT2D eigenvalue weighted by atomic mass is 16.6. The Kier molecular flexibility index (Phi) is 4.51. The molecule has 0 aromatic carbocycles. The first-order valence-electron chi connectivity index (χ1n) is 4.87. The third-order valence-electron chi connectivity index (χ3n) is 2.13. The van der Waals surface area contributed by atoms with Gasteiger partial charge in [0.2, 0.25) is 0 Å². The summed E-state index contributed by atoms with van der Waals surface area (Å²) in [4.78, 5) is 22.2. The largest absolute Gasteiger partial charge is 0.480 e. The smallest absolute Gasteiger partial charge is 0.326 e. The first kappa shape index (κ1) is 11.9. The molecule has 2 unspecified atom stereocenters. The molecule has 2 N–H and O–H groups in total. The van der Waals surface area contributed by atoms with Gasteiger partial charge in [0.25, 0.3) is 5.91 Å². The van der Waals surface area contributed by atoms with Gasteiger partial charge in [0, 0.05) is 0 Å². The fourth-order valence-electron chi connectivity index (χ4n) is 1.24. The molecule has 6 heteroatoms. The van der Waals surface area contributed by atoms with E-state index in [2.05, 4.69) is 5.32 Å². The number of amides is 1. The van der Waals surface area contributed by atoms with Crippen LogP contribution in [-0.4, -0.2) is 48.9 Å². The molecule has 2 atom stereocenters. The van der Waals surface area contributed by atoms with Crippen LogP contribution < -0.4 is 5.32 Å². The summed E-state index contributed by atoms with van der Waals surface area (Å²) in [6.07, 6.45) is -0.346. The molecule has 0 aromatic rings. The lowest BCUT2D eigenvalue weighted by atomic mass is 10.2. The van der Waals surface area contributed by atoms with Crippen LogP contribution in [0.4, 0.5) is 0 Å². The van der Waals surface area contributed by atoms with Crippen molar-refractivity contribution in [3.05, 3.63) is 0 Å². The van der Waals surface area contributed by atoms with Crippen molar-refractivity contribution in [2.45, 2.75) is 25.5 Å². The van der Waals surface area contributed by atoms with Gasteiger partial charge in [-0.15, -0.1) is 0 Å². The molecule has 6 nitrogen and oxygen atoms in total. The van der Waals surface area contributed by atoms with E-state index in [0.29, 0.717) is 19.6 Å². The summed E-state index contributed by atoms with van der Waals surface area (Å²) in [5.41, 5.74) is 0. The van der Waals surface area contributed by atoms with Crippen LogP contribution in [0.2, 0.25) is 0 Å². The molecule has 1 aliphatic rings. The number of nitrogens with one attached hydrogen (secondary N) is 1. The first-order valence-corrected chi connectivity index (χ1v) is 4.87. The minimum Gasteiger partial charge on any atom is -0.480 e. The Hall–Kier alpha value is -1.14. The summed E-state index contributed by atoms with van der Waals surface area (Å²) >= 11 is 0. The fourth-order valence-corrected chi connectivity index (χ4v) is 1.24. The monoisotopic (exact) mass is 217 g/mol. The third kappa shape index (κ3) is 3.49. The summed E-state index contributed by atoms with van der Waals surface area (Å²) in [5.74, 6) is -1.47. The van der Waals surface area contributed by atoms with Gasteiger partial charge in [-0.2, -0.15) is 0 Å². The van der Waals surface area contributed by atoms with E-state index in [1.807, 2.05) is 0 Å². The first-order chi connectivity index (χ1) is 7.15. The summed E-state index contributed by atoms with van der Waals surface area (Å²) in [6.45, 7) is 2.71. The van der Waals surface area contributed by atoms with Crippen molar-refractivity contribution < 1.29 is 24.2 Å². The Morgan fingerprint density at radius 3 is 2.73 bits per heavy atom. The Labute approximate surface area is 87.5 Å². The third-order valence-corrected chi connectivity index (χ3v) is 2.13. The van der Waals surface area contributed by atoms with E-state index in [4.69, 9.17) is 14.6 Å². The molecule has 0 saturated carbocycles. The molecule has 1 aliphatic heterocycles. The predicted molar refractivity (Wildman–Crippen MR) is 50.4 cm³/mol. The molecule has 1 heterocycles. The van der Waals surface area contributed by atoms with E-state index in [0.717, 1.165) is 0 Å². The number of carboxylic acids is 1. The van der Waals surface area contributed by atoms with Crippen molar-refractivity contribution in [2.75, 3.05) is 19.8 Å². The number of rotatable bonds is 4. The van der Waals surface area contributed by atoms with Gasteiger partial charge in [-0.05, 0) is 6.42 Å². The van der Waals surface area contributed by atoms with Crippen LogP contribution in [0, 0.1) is 0 Å². The van der Waals surface area contributed by atoms with Crippen molar-refractivity contribution in [1.82, 2.24) is 5.32 Å². The van der Waals surface area contributed by atoms with E-state index in [1.165, 1.54) is 0 Å². The van der Waals surface area contributed by atoms with Gasteiger partial charge in [-0.3, -0.25) is 4.79 Å². The number of carbonyl (C=O) groups is 2. The highest BCUT2D eigenvalue weighted by Gasteiger charge is 2.26. The SMILES string of the molecule is CCC(NC(=O)C1COCCO1)C(=O)O. The van der Waals surface area contributed by atoms with Crippen LogP contribution >= 0.6 is 0 Å². The summed E-state index contributed by atoms with van der Waals surface area (Å²) < 4.78 is 10.2. The standard InChI is InChI=1S/C9H15NO5/c1-2-6(9(12)13)10-8(11)7-5-14-3-4-15-7/h6-7H,2-5H2,1H3,(H,10,11)(H,12,13). The van der Waals surface area contributed by atoms with E-state index < -0.39 is 24.0 Å². The van der Waals surface area contributed by atoms with Crippen molar-refractivity contribution in [3.63, 3.8) is 0 Å². The molecule has 1 saturated heterocycles. The van der Waals surface area contributed by atoms with Crippen LogP contribution in [0.15, 0.2) is 0 Å². The van der Waals surface area contributed by atoms with E-state index >= 15 is 0 Å². The average Bonchev–Trinajstić information content (AvgIpc) is 2.26. The van der Waals surface area contributed by atoms with E-state index in [-0.39, 0.29) is 6.61 Å². The number of hydrogen-bond donors (Lipinski definition) is 2. The van der Waals surface area contributed by atoms with Crippen molar-refractivity contribution in [1.29, 1.82) is 0 Å². The van der Waals surface area contributed by atoms with E-state index in [9.17, 15) is 9.59 Å². The summed E-state index contributed by atoms with van der Waals surface area (Å²) in [6, 6.07) is -0.858. The molecule has 0 spiro atoms. The van der Waals surface area contributed by atoms with E-state index in [1.54, 1.807) is 6.92 Å². The molecule has 1 amide bonds. The van der Waals surface area contributed by atoms with Gasteiger partial charge >= 0.3 is 5.97 Å². The van der Waals surface area contributed by atoms with Gasteiger partial charge in [0.15, 0.2) is 6.10 Å². The minimum absolute atomic E-state index is 0.182. The normalized spacial score (nSPS) is 23.1. The maximum Gasteiger partial charge on any atom is 0.326 e. The lowest BCUT2D eigenvalue weighted by Crippen LogP contribution is -2.49. The van der Waals surface area contributed by atoms with Crippen LogP contribution in [-0.2, 0) is 19.1 Å². The molecule has 0 bridgehead atoms. The zero-order valence-corrected chi connectivity index (χ0v) is 8.56. The maximum atomic E-state index is 11.5. The zero-order valence-electron chi connectivity index (χ0n) is 8.56. The average molecular weight is 217 g/mol. The Morgan fingerprint density at radius 2 is 2.27 bits per heavy atom. The predicted octanol–water partition coefficient (Wildman–Crippen LogP) is -0.619. The topological polar surface area (TPSA) is 84.9 Å². The molecular formula is C9H15NO5. The van der Waals surface area contributed by atoms with Gasteiger partial charge in [0.1, 0.15) is 6.04 Å². The molecular weight excluding hydrogens is 202 g/mol. The highest BCUT2D eigenvalue weighted by molar-refractivity contribution is 5.86. The second kappa shape index (κ2) is 5.67. The molecule has 0 aliphatic carbocycles. The Bertz CT molecular complexity index is 237. The minimum atomic E-state index is -1.04. The van der Waals surface area contributed by atoms with Crippen LogP contribution in [0.25, 0.3) is 0 Å². The van der Waals surface area contributed by atoms with Gasteiger partial charge in [-0.1, -0.05) is 6.92 Å². The van der Waals surface area contributed by atoms with Crippen molar-refractivity contribution >= 4 is 11.9 Å². The Balaban J connectivity index is 2.42.